The quantitative estimate of drug-likeness (QED) is 0.872. The molecule has 0 atom stereocenters. The topological polar surface area (TPSA) is 53.7 Å². The van der Waals surface area contributed by atoms with E-state index >= 15 is 0 Å². The Labute approximate surface area is 116 Å². The standard InChI is InChI=1S/C15H16FNO3/c1-18-13-7-6-11(14(19-2)15(13)20-3)10-5-4-9(16)8-12(10)17/h4-8H,17H2,1-3H3. The van der Waals surface area contributed by atoms with Gasteiger partial charge in [-0.3, -0.25) is 0 Å². The summed E-state index contributed by atoms with van der Waals surface area (Å²) >= 11 is 0. The molecule has 0 aliphatic rings. The van der Waals surface area contributed by atoms with Gasteiger partial charge in [0.1, 0.15) is 5.82 Å². The second kappa shape index (κ2) is 5.69. The number of anilines is 1. The molecule has 20 heavy (non-hydrogen) atoms. The van der Waals surface area contributed by atoms with Gasteiger partial charge in [-0.1, -0.05) is 0 Å². The Balaban J connectivity index is 2.68. The van der Waals surface area contributed by atoms with E-state index in [9.17, 15) is 4.39 Å². The molecule has 0 amide bonds. The Morgan fingerprint density at radius 3 is 2.05 bits per heavy atom. The van der Waals surface area contributed by atoms with E-state index in [0.717, 1.165) is 0 Å². The largest absolute Gasteiger partial charge is 0.493 e. The van der Waals surface area contributed by atoms with Gasteiger partial charge < -0.3 is 19.9 Å². The number of hydrogen-bond donors (Lipinski definition) is 1. The fourth-order valence-electron chi connectivity index (χ4n) is 2.09. The van der Waals surface area contributed by atoms with Crippen LogP contribution in [0.1, 0.15) is 0 Å². The lowest BCUT2D eigenvalue weighted by atomic mass is 10.0. The molecule has 0 aliphatic heterocycles. The zero-order valence-electron chi connectivity index (χ0n) is 11.6. The smallest absolute Gasteiger partial charge is 0.203 e. The van der Waals surface area contributed by atoms with E-state index in [1.807, 2.05) is 0 Å². The van der Waals surface area contributed by atoms with Gasteiger partial charge in [0, 0.05) is 16.8 Å². The maximum Gasteiger partial charge on any atom is 0.203 e. The fraction of sp³-hybridized carbons (Fsp3) is 0.200. The van der Waals surface area contributed by atoms with Gasteiger partial charge in [-0.2, -0.15) is 0 Å². The Morgan fingerprint density at radius 2 is 1.50 bits per heavy atom. The molecule has 0 spiro atoms. The number of halogens is 1. The minimum Gasteiger partial charge on any atom is -0.493 e. The third-order valence-corrected chi connectivity index (χ3v) is 3.01. The van der Waals surface area contributed by atoms with Crippen LogP contribution in [0, 0.1) is 5.82 Å². The summed E-state index contributed by atoms with van der Waals surface area (Å²) < 4.78 is 29.1. The lowest BCUT2D eigenvalue weighted by Gasteiger charge is -2.16. The monoisotopic (exact) mass is 277 g/mol. The van der Waals surface area contributed by atoms with Crippen molar-refractivity contribution in [1.82, 2.24) is 0 Å². The summed E-state index contributed by atoms with van der Waals surface area (Å²) in [7, 11) is 4.60. The van der Waals surface area contributed by atoms with Gasteiger partial charge in [0.05, 0.1) is 21.3 Å². The molecule has 2 aromatic rings. The molecule has 0 radical (unpaired) electrons. The number of methoxy groups -OCH3 is 3. The van der Waals surface area contributed by atoms with Crippen LogP contribution >= 0.6 is 0 Å². The number of benzene rings is 2. The maximum absolute atomic E-state index is 13.2. The van der Waals surface area contributed by atoms with E-state index in [2.05, 4.69) is 0 Å². The first-order valence-corrected chi connectivity index (χ1v) is 5.96. The molecule has 0 saturated heterocycles. The minimum atomic E-state index is -0.384. The SMILES string of the molecule is COc1ccc(-c2ccc(F)cc2N)c(OC)c1OC. The van der Waals surface area contributed by atoms with Crippen LogP contribution in [-0.2, 0) is 0 Å². The molecule has 0 heterocycles. The average Bonchev–Trinajstić information content (AvgIpc) is 2.45. The van der Waals surface area contributed by atoms with Crippen LogP contribution in [0.5, 0.6) is 17.2 Å². The Bertz CT molecular complexity index is 629. The van der Waals surface area contributed by atoms with E-state index < -0.39 is 0 Å². The van der Waals surface area contributed by atoms with Crippen LogP contribution in [0.3, 0.4) is 0 Å². The Morgan fingerprint density at radius 1 is 0.850 bits per heavy atom. The number of nitrogens with two attached hydrogens (primary N) is 1. The summed E-state index contributed by atoms with van der Waals surface area (Å²) in [6.45, 7) is 0. The van der Waals surface area contributed by atoms with Crippen molar-refractivity contribution in [2.75, 3.05) is 27.1 Å². The lowest BCUT2D eigenvalue weighted by Crippen LogP contribution is -1.98. The molecule has 0 aliphatic carbocycles. The van der Waals surface area contributed by atoms with Gasteiger partial charge in [-0.25, -0.2) is 4.39 Å². The summed E-state index contributed by atoms with van der Waals surface area (Å²) in [6.07, 6.45) is 0. The molecule has 0 aromatic heterocycles. The molecule has 0 fully saturated rings. The molecule has 2 rings (SSSR count). The van der Waals surface area contributed by atoms with Crippen LogP contribution in [0.15, 0.2) is 30.3 Å². The summed E-state index contributed by atoms with van der Waals surface area (Å²) in [5.41, 5.74) is 7.58. The van der Waals surface area contributed by atoms with Crippen molar-refractivity contribution in [1.29, 1.82) is 0 Å². The second-order valence-electron chi connectivity index (χ2n) is 4.11. The van der Waals surface area contributed by atoms with Crippen LogP contribution in [0.4, 0.5) is 10.1 Å². The fourth-order valence-corrected chi connectivity index (χ4v) is 2.09. The van der Waals surface area contributed by atoms with Gasteiger partial charge >= 0.3 is 0 Å². The summed E-state index contributed by atoms with van der Waals surface area (Å²) in [5, 5.41) is 0. The molecule has 0 unspecified atom stereocenters. The highest BCUT2D eigenvalue weighted by Gasteiger charge is 2.18. The predicted molar refractivity (Wildman–Crippen MR) is 75.9 cm³/mol. The summed E-state index contributed by atoms with van der Waals surface area (Å²) in [4.78, 5) is 0. The number of nitrogen functional groups attached to an aromatic ring is 1. The van der Waals surface area contributed by atoms with E-state index in [1.54, 1.807) is 25.3 Å². The third-order valence-electron chi connectivity index (χ3n) is 3.01. The third kappa shape index (κ3) is 2.34. The van der Waals surface area contributed by atoms with Crippen molar-refractivity contribution in [2.24, 2.45) is 0 Å². The Hall–Kier alpha value is -2.43. The first kappa shape index (κ1) is 14.0. The normalized spacial score (nSPS) is 10.2. The highest BCUT2D eigenvalue weighted by Crippen LogP contribution is 2.45. The second-order valence-corrected chi connectivity index (χ2v) is 4.11. The lowest BCUT2D eigenvalue weighted by molar-refractivity contribution is 0.325. The molecule has 106 valence electrons. The van der Waals surface area contributed by atoms with Crippen molar-refractivity contribution >= 4 is 5.69 Å². The van der Waals surface area contributed by atoms with Gasteiger partial charge in [-0.05, 0) is 30.3 Å². The first-order valence-electron chi connectivity index (χ1n) is 5.96. The molecule has 5 heteroatoms. The average molecular weight is 277 g/mol. The molecule has 0 saturated carbocycles. The van der Waals surface area contributed by atoms with Crippen LogP contribution in [0.2, 0.25) is 0 Å². The van der Waals surface area contributed by atoms with Crippen LogP contribution in [0.25, 0.3) is 11.1 Å². The van der Waals surface area contributed by atoms with Gasteiger partial charge in [0.15, 0.2) is 11.5 Å². The Kier molecular flexibility index (Phi) is 3.98. The summed E-state index contributed by atoms with van der Waals surface area (Å²) in [5.74, 6) is 1.13. The van der Waals surface area contributed by atoms with E-state index in [1.165, 1.54) is 26.4 Å². The van der Waals surface area contributed by atoms with Gasteiger partial charge in [-0.15, -0.1) is 0 Å². The highest BCUT2D eigenvalue weighted by molar-refractivity contribution is 5.83. The highest BCUT2D eigenvalue weighted by atomic mass is 19.1. The first-order chi connectivity index (χ1) is 9.62. The number of rotatable bonds is 4. The van der Waals surface area contributed by atoms with E-state index in [0.29, 0.717) is 34.1 Å². The molecular weight excluding hydrogens is 261 g/mol. The predicted octanol–water partition coefficient (Wildman–Crippen LogP) is 3.10. The van der Waals surface area contributed by atoms with Crippen molar-refractivity contribution in [3.63, 3.8) is 0 Å². The number of ether oxygens (including phenoxy) is 3. The van der Waals surface area contributed by atoms with Crippen molar-refractivity contribution in [2.45, 2.75) is 0 Å². The zero-order chi connectivity index (χ0) is 14.7. The van der Waals surface area contributed by atoms with Crippen LogP contribution in [-0.4, -0.2) is 21.3 Å². The van der Waals surface area contributed by atoms with Crippen molar-refractivity contribution < 1.29 is 18.6 Å². The molecule has 2 aromatic carbocycles. The van der Waals surface area contributed by atoms with Crippen molar-refractivity contribution in [3.05, 3.63) is 36.1 Å². The van der Waals surface area contributed by atoms with Gasteiger partial charge in [0.2, 0.25) is 5.75 Å². The zero-order valence-corrected chi connectivity index (χ0v) is 11.6. The van der Waals surface area contributed by atoms with Crippen molar-refractivity contribution in [3.8, 4) is 28.4 Å². The summed E-state index contributed by atoms with van der Waals surface area (Å²) in [6, 6.07) is 7.77. The van der Waals surface area contributed by atoms with E-state index in [-0.39, 0.29) is 5.82 Å². The van der Waals surface area contributed by atoms with E-state index in [4.69, 9.17) is 19.9 Å². The van der Waals surface area contributed by atoms with Crippen LogP contribution < -0.4 is 19.9 Å². The minimum absolute atomic E-state index is 0.329. The molecule has 2 N–H and O–H groups in total. The molecular formula is C15H16FNO3. The number of hydrogen-bond acceptors (Lipinski definition) is 4. The maximum atomic E-state index is 13.2. The molecule has 0 bridgehead atoms. The van der Waals surface area contributed by atoms with Gasteiger partial charge in [0.25, 0.3) is 0 Å². The molecule has 4 nitrogen and oxygen atoms in total.